The highest BCUT2D eigenvalue weighted by Crippen LogP contribution is 2.46. The van der Waals surface area contributed by atoms with Gasteiger partial charge in [-0.05, 0) is 71.0 Å². The molecule has 3 rings (SSSR count). The Kier molecular flexibility index (Phi) is 4.98. The number of aliphatic imine (C=N–C) groups is 1. The minimum Gasteiger partial charge on any atom is -0.465 e. The summed E-state index contributed by atoms with van der Waals surface area (Å²) in [7, 11) is 1.39. The molecule has 0 saturated carbocycles. The van der Waals surface area contributed by atoms with Gasteiger partial charge >= 0.3 is 5.97 Å². The van der Waals surface area contributed by atoms with Gasteiger partial charge in [-0.25, -0.2) is 4.79 Å². The zero-order valence-electron chi connectivity index (χ0n) is 17.2. The Labute approximate surface area is 162 Å². The van der Waals surface area contributed by atoms with Crippen molar-refractivity contribution in [2.24, 2.45) is 4.99 Å². The molecule has 0 saturated heterocycles. The molecule has 0 heterocycles. The minimum absolute atomic E-state index is 0.158. The van der Waals surface area contributed by atoms with Gasteiger partial charge in [0.15, 0.2) is 0 Å². The van der Waals surface area contributed by atoms with Crippen molar-refractivity contribution >= 4 is 17.9 Å². The van der Waals surface area contributed by atoms with Crippen LogP contribution in [0.5, 0.6) is 0 Å². The second-order valence-electron chi connectivity index (χ2n) is 8.79. The molecule has 1 aliphatic carbocycles. The van der Waals surface area contributed by atoms with Gasteiger partial charge < -0.3 is 4.74 Å². The highest BCUT2D eigenvalue weighted by atomic mass is 16.5. The second kappa shape index (κ2) is 6.95. The number of para-hydroxylation sites is 1. The molecule has 0 atom stereocenters. The predicted octanol–water partition coefficient (Wildman–Crippen LogP) is 5.88. The highest BCUT2D eigenvalue weighted by Gasteiger charge is 2.37. The molecule has 3 nitrogen and oxygen atoms in total. The van der Waals surface area contributed by atoms with Crippen molar-refractivity contribution in [1.29, 1.82) is 0 Å². The van der Waals surface area contributed by atoms with E-state index in [0.717, 1.165) is 5.56 Å². The normalized spacial score (nSPS) is 17.6. The fraction of sp³-hybridized carbons (Fsp3) is 0.417. The lowest BCUT2D eigenvalue weighted by Crippen LogP contribution is -2.34. The molecule has 2 aromatic rings. The molecule has 0 aromatic heterocycles. The molecule has 0 unspecified atom stereocenters. The maximum absolute atomic E-state index is 12.0. The molecule has 0 radical (unpaired) electrons. The van der Waals surface area contributed by atoms with Crippen molar-refractivity contribution in [3.8, 4) is 0 Å². The van der Waals surface area contributed by atoms with Crippen LogP contribution in [0, 0.1) is 6.92 Å². The van der Waals surface area contributed by atoms with E-state index in [4.69, 9.17) is 4.74 Å². The van der Waals surface area contributed by atoms with Crippen LogP contribution in [0.15, 0.2) is 41.4 Å². The van der Waals surface area contributed by atoms with Crippen LogP contribution in [0.1, 0.15) is 73.1 Å². The van der Waals surface area contributed by atoms with E-state index in [1.807, 2.05) is 24.4 Å². The first-order valence-corrected chi connectivity index (χ1v) is 9.53. The number of esters is 1. The first kappa shape index (κ1) is 19.3. The number of fused-ring (bicyclic) bond motifs is 1. The van der Waals surface area contributed by atoms with Crippen LogP contribution in [0.3, 0.4) is 0 Å². The predicted molar refractivity (Wildman–Crippen MR) is 112 cm³/mol. The van der Waals surface area contributed by atoms with E-state index >= 15 is 0 Å². The molecule has 0 spiro atoms. The summed E-state index contributed by atoms with van der Waals surface area (Å²) in [5.41, 5.74) is 6.62. The molecule has 27 heavy (non-hydrogen) atoms. The van der Waals surface area contributed by atoms with Crippen LogP contribution in [-0.4, -0.2) is 19.3 Å². The van der Waals surface area contributed by atoms with Crippen molar-refractivity contribution < 1.29 is 9.53 Å². The quantitative estimate of drug-likeness (QED) is 0.504. The van der Waals surface area contributed by atoms with E-state index < -0.39 is 0 Å². The molecule has 0 fully saturated rings. The van der Waals surface area contributed by atoms with E-state index in [0.29, 0.717) is 11.3 Å². The van der Waals surface area contributed by atoms with E-state index in [-0.39, 0.29) is 16.8 Å². The molecule has 0 aliphatic heterocycles. The Balaban J connectivity index is 2.05. The number of carbonyl (C=O) groups excluding carboxylic acids is 1. The van der Waals surface area contributed by atoms with Crippen molar-refractivity contribution in [2.75, 3.05) is 7.11 Å². The SMILES string of the molecule is COC(=O)c1ccccc1N=Cc1cc2c(cc1C)C(C)(C)CCC2(C)C. The Morgan fingerprint density at radius 1 is 1.04 bits per heavy atom. The van der Waals surface area contributed by atoms with Crippen LogP contribution in [-0.2, 0) is 15.6 Å². The Bertz CT molecular complexity index is 907. The number of benzene rings is 2. The molecule has 1 aliphatic rings. The molecule has 0 bridgehead atoms. The van der Waals surface area contributed by atoms with Crippen molar-refractivity contribution in [1.82, 2.24) is 0 Å². The summed E-state index contributed by atoms with van der Waals surface area (Å²) in [6.07, 6.45) is 4.25. The van der Waals surface area contributed by atoms with E-state index in [2.05, 4.69) is 51.7 Å². The van der Waals surface area contributed by atoms with Gasteiger partial charge in [0, 0.05) is 6.21 Å². The summed E-state index contributed by atoms with van der Waals surface area (Å²) >= 11 is 0. The van der Waals surface area contributed by atoms with Crippen LogP contribution in [0.25, 0.3) is 0 Å². The standard InChI is InChI=1S/C24H29NO2/c1-16-13-19-20(24(4,5)12-11-23(19,2)3)14-17(16)15-25-21-10-8-7-9-18(21)22(26)27-6/h7-10,13-15H,11-12H2,1-6H3. The topological polar surface area (TPSA) is 38.7 Å². The number of aryl methyl sites for hydroxylation is 1. The zero-order chi connectivity index (χ0) is 19.8. The lowest BCUT2D eigenvalue weighted by Gasteiger charge is -2.42. The highest BCUT2D eigenvalue weighted by molar-refractivity contribution is 5.96. The lowest BCUT2D eigenvalue weighted by atomic mass is 9.62. The smallest absolute Gasteiger partial charge is 0.340 e. The third kappa shape index (κ3) is 3.69. The third-order valence-corrected chi connectivity index (χ3v) is 5.89. The molecular weight excluding hydrogens is 334 g/mol. The fourth-order valence-electron chi connectivity index (χ4n) is 3.89. The number of carbonyl (C=O) groups is 1. The first-order valence-electron chi connectivity index (χ1n) is 9.53. The van der Waals surface area contributed by atoms with Gasteiger partial charge in [0.05, 0.1) is 18.4 Å². The number of nitrogens with zero attached hydrogens (tertiary/aromatic N) is 1. The monoisotopic (exact) mass is 363 g/mol. The van der Waals surface area contributed by atoms with E-state index in [1.165, 1.54) is 36.6 Å². The van der Waals surface area contributed by atoms with Crippen LogP contribution < -0.4 is 0 Å². The van der Waals surface area contributed by atoms with Gasteiger partial charge in [0.25, 0.3) is 0 Å². The summed E-state index contributed by atoms with van der Waals surface area (Å²) in [6.45, 7) is 11.4. The van der Waals surface area contributed by atoms with E-state index in [9.17, 15) is 4.79 Å². The second-order valence-corrected chi connectivity index (χ2v) is 8.79. The summed E-state index contributed by atoms with van der Waals surface area (Å²) in [5, 5.41) is 0. The summed E-state index contributed by atoms with van der Waals surface area (Å²) in [5.74, 6) is -0.368. The summed E-state index contributed by atoms with van der Waals surface area (Å²) < 4.78 is 4.86. The minimum atomic E-state index is -0.368. The maximum atomic E-state index is 12.0. The summed E-state index contributed by atoms with van der Waals surface area (Å²) in [4.78, 5) is 16.6. The maximum Gasteiger partial charge on any atom is 0.340 e. The van der Waals surface area contributed by atoms with Gasteiger partial charge in [-0.15, -0.1) is 0 Å². The average molecular weight is 364 g/mol. The molecule has 3 heteroatoms. The van der Waals surface area contributed by atoms with Gasteiger partial charge in [-0.3, -0.25) is 4.99 Å². The van der Waals surface area contributed by atoms with Gasteiger partial charge in [0.2, 0.25) is 0 Å². The first-order chi connectivity index (χ1) is 12.7. The van der Waals surface area contributed by atoms with Crippen LogP contribution in [0.2, 0.25) is 0 Å². The van der Waals surface area contributed by atoms with Crippen LogP contribution in [0.4, 0.5) is 5.69 Å². The molecule has 0 amide bonds. The molecular formula is C24H29NO2. The van der Waals surface area contributed by atoms with Gasteiger partial charge in [-0.1, -0.05) is 45.9 Å². The van der Waals surface area contributed by atoms with Crippen molar-refractivity contribution in [3.63, 3.8) is 0 Å². The lowest BCUT2D eigenvalue weighted by molar-refractivity contribution is 0.0601. The number of rotatable bonds is 3. The van der Waals surface area contributed by atoms with Gasteiger partial charge in [-0.2, -0.15) is 0 Å². The molecule has 142 valence electrons. The molecule has 2 aromatic carbocycles. The number of methoxy groups -OCH3 is 1. The largest absolute Gasteiger partial charge is 0.465 e. The zero-order valence-corrected chi connectivity index (χ0v) is 17.2. The van der Waals surface area contributed by atoms with Gasteiger partial charge in [0.1, 0.15) is 0 Å². The Hall–Kier alpha value is -2.42. The number of hydrogen-bond acceptors (Lipinski definition) is 3. The van der Waals surface area contributed by atoms with Crippen molar-refractivity contribution in [3.05, 3.63) is 64.2 Å². The summed E-state index contributed by atoms with van der Waals surface area (Å²) in [6, 6.07) is 11.9. The van der Waals surface area contributed by atoms with E-state index in [1.54, 1.807) is 6.07 Å². The van der Waals surface area contributed by atoms with Crippen LogP contribution >= 0.6 is 0 Å². The average Bonchev–Trinajstić information content (AvgIpc) is 2.64. The van der Waals surface area contributed by atoms with Crippen molar-refractivity contribution in [2.45, 2.75) is 58.3 Å². The number of ether oxygens (including phenoxy) is 1. The molecule has 0 N–H and O–H groups in total. The third-order valence-electron chi connectivity index (χ3n) is 5.89. The Morgan fingerprint density at radius 3 is 2.26 bits per heavy atom. The number of hydrogen-bond donors (Lipinski definition) is 0. The fourth-order valence-corrected chi connectivity index (χ4v) is 3.89. The Morgan fingerprint density at radius 2 is 1.63 bits per heavy atom.